The van der Waals surface area contributed by atoms with Crippen LogP contribution in [0.2, 0.25) is 0 Å². The topological polar surface area (TPSA) is 21.3 Å². The Balaban J connectivity index is 1.80. The molecule has 0 spiro atoms. The quantitative estimate of drug-likeness (QED) is 0.840. The van der Waals surface area contributed by atoms with Crippen LogP contribution in [0, 0.1) is 5.92 Å². The lowest BCUT2D eigenvalue weighted by atomic mass is 10.1. The number of methoxy groups -OCH3 is 1. The Kier molecular flexibility index (Phi) is 2.40. The van der Waals surface area contributed by atoms with Crippen molar-refractivity contribution < 1.29 is 4.74 Å². The number of rotatable bonds is 3. The molecule has 2 aliphatic rings. The van der Waals surface area contributed by atoms with Crippen LogP contribution in [0.4, 0.5) is 0 Å². The standard InChI is InChI=1S/C14H19NO/c1-9-7-14(9)15-13-6-4-10-3-5-11(16-2)8-12(10)13/h3,5,8-9,13-15H,4,6-7H2,1-2H3. The third-order valence-corrected chi connectivity index (χ3v) is 3.96. The zero-order chi connectivity index (χ0) is 11.1. The van der Waals surface area contributed by atoms with E-state index in [-0.39, 0.29) is 0 Å². The molecule has 2 nitrogen and oxygen atoms in total. The lowest BCUT2D eigenvalue weighted by Gasteiger charge is -2.14. The second kappa shape index (κ2) is 3.77. The number of nitrogens with one attached hydrogen (secondary N) is 1. The molecule has 1 aromatic carbocycles. The van der Waals surface area contributed by atoms with Crippen LogP contribution >= 0.6 is 0 Å². The van der Waals surface area contributed by atoms with Gasteiger partial charge in [0.25, 0.3) is 0 Å². The van der Waals surface area contributed by atoms with Gasteiger partial charge in [0.2, 0.25) is 0 Å². The Morgan fingerprint density at radius 3 is 2.88 bits per heavy atom. The van der Waals surface area contributed by atoms with Crippen molar-refractivity contribution in [3.8, 4) is 5.75 Å². The van der Waals surface area contributed by atoms with E-state index >= 15 is 0 Å². The number of ether oxygens (including phenoxy) is 1. The molecule has 1 saturated carbocycles. The molecule has 3 atom stereocenters. The van der Waals surface area contributed by atoms with Gasteiger partial charge >= 0.3 is 0 Å². The highest BCUT2D eigenvalue weighted by molar-refractivity contribution is 5.41. The van der Waals surface area contributed by atoms with Gasteiger partial charge in [-0.3, -0.25) is 0 Å². The third kappa shape index (κ3) is 1.71. The zero-order valence-corrected chi connectivity index (χ0v) is 9.99. The lowest BCUT2D eigenvalue weighted by Crippen LogP contribution is -2.22. The zero-order valence-electron chi connectivity index (χ0n) is 9.99. The summed E-state index contributed by atoms with van der Waals surface area (Å²) < 4.78 is 5.30. The minimum atomic E-state index is 0.556. The molecule has 0 aromatic heterocycles. The summed E-state index contributed by atoms with van der Waals surface area (Å²) in [5.74, 6) is 1.85. The van der Waals surface area contributed by atoms with E-state index in [0.717, 1.165) is 17.7 Å². The summed E-state index contributed by atoms with van der Waals surface area (Å²) in [5.41, 5.74) is 2.95. The van der Waals surface area contributed by atoms with E-state index in [1.54, 1.807) is 7.11 Å². The minimum absolute atomic E-state index is 0.556. The predicted octanol–water partition coefficient (Wildman–Crippen LogP) is 2.68. The van der Waals surface area contributed by atoms with Crippen LogP contribution in [0.15, 0.2) is 18.2 Å². The van der Waals surface area contributed by atoms with E-state index in [1.165, 1.54) is 30.4 Å². The van der Waals surface area contributed by atoms with Gasteiger partial charge in [0.05, 0.1) is 7.11 Å². The van der Waals surface area contributed by atoms with Crippen LogP contribution in [-0.2, 0) is 6.42 Å². The molecule has 0 amide bonds. The predicted molar refractivity (Wildman–Crippen MR) is 64.8 cm³/mol. The molecule has 0 bridgehead atoms. The average molecular weight is 217 g/mol. The van der Waals surface area contributed by atoms with Crippen LogP contribution in [0.5, 0.6) is 5.75 Å². The first-order chi connectivity index (χ1) is 7.78. The first-order valence-corrected chi connectivity index (χ1v) is 6.21. The number of hydrogen-bond acceptors (Lipinski definition) is 2. The first kappa shape index (κ1) is 10.2. The fourth-order valence-electron chi connectivity index (χ4n) is 2.69. The number of benzene rings is 1. The summed E-state index contributed by atoms with van der Waals surface area (Å²) in [6, 6.07) is 7.79. The van der Waals surface area contributed by atoms with Crippen molar-refractivity contribution in [2.75, 3.05) is 7.11 Å². The van der Waals surface area contributed by atoms with Crippen LogP contribution in [0.25, 0.3) is 0 Å². The maximum Gasteiger partial charge on any atom is 0.119 e. The molecule has 86 valence electrons. The van der Waals surface area contributed by atoms with Crippen molar-refractivity contribution in [2.24, 2.45) is 5.92 Å². The highest BCUT2D eigenvalue weighted by Crippen LogP contribution is 2.38. The van der Waals surface area contributed by atoms with Crippen LogP contribution < -0.4 is 10.1 Å². The van der Waals surface area contributed by atoms with Gasteiger partial charge in [0, 0.05) is 12.1 Å². The van der Waals surface area contributed by atoms with Gasteiger partial charge in [-0.05, 0) is 48.4 Å². The van der Waals surface area contributed by atoms with Crippen LogP contribution in [0.1, 0.15) is 36.9 Å². The summed E-state index contributed by atoms with van der Waals surface area (Å²) >= 11 is 0. The Labute approximate surface area is 97.0 Å². The van der Waals surface area contributed by atoms with Gasteiger partial charge in [-0.2, -0.15) is 0 Å². The Bertz CT molecular complexity index is 402. The molecule has 0 heterocycles. The van der Waals surface area contributed by atoms with Crippen molar-refractivity contribution in [2.45, 2.75) is 38.3 Å². The van der Waals surface area contributed by atoms with Crippen molar-refractivity contribution in [3.63, 3.8) is 0 Å². The molecule has 3 rings (SSSR count). The van der Waals surface area contributed by atoms with E-state index in [2.05, 4.69) is 30.4 Å². The van der Waals surface area contributed by atoms with Crippen molar-refractivity contribution in [1.82, 2.24) is 5.32 Å². The molecule has 2 aliphatic carbocycles. The number of aryl methyl sites for hydroxylation is 1. The minimum Gasteiger partial charge on any atom is -0.497 e. The van der Waals surface area contributed by atoms with Crippen molar-refractivity contribution >= 4 is 0 Å². The second-order valence-corrected chi connectivity index (χ2v) is 5.14. The molecular formula is C14H19NO. The summed E-state index contributed by atoms with van der Waals surface area (Å²) in [7, 11) is 1.74. The molecule has 0 aliphatic heterocycles. The molecular weight excluding hydrogens is 198 g/mol. The van der Waals surface area contributed by atoms with Crippen LogP contribution in [0.3, 0.4) is 0 Å². The maximum absolute atomic E-state index is 5.30. The van der Waals surface area contributed by atoms with Gasteiger partial charge in [0.15, 0.2) is 0 Å². The van der Waals surface area contributed by atoms with E-state index in [9.17, 15) is 0 Å². The average Bonchev–Trinajstić information content (AvgIpc) is 2.85. The monoisotopic (exact) mass is 217 g/mol. The molecule has 0 saturated heterocycles. The summed E-state index contributed by atoms with van der Waals surface area (Å²) in [6.45, 7) is 2.32. The van der Waals surface area contributed by atoms with Gasteiger partial charge in [-0.15, -0.1) is 0 Å². The largest absolute Gasteiger partial charge is 0.497 e. The fraction of sp³-hybridized carbons (Fsp3) is 0.571. The summed E-state index contributed by atoms with van der Waals surface area (Å²) in [6.07, 6.45) is 3.79. The number of fused-ring (bicyclic) bond motifs is 1. The normalized spacial score (nSPS) is 31.2. The highest BCUT2D eigenvalue weighted by Gasteiger charge is 2.36. The molecule has 1 aromatic rings. The van der Waals surface area contributed by atoms with Gasteiger partial charge < -0.3 is 10.1 Å². The SMILES string of the molecule is COc1ccc2c(c1)C(NC1CC1C)CC2. The first-order valence-electron chi connectivity index (χ1n) is 6.21. The Morgan fingerprint density at radius 2 is 2.19 bits per heavy atom. The van der Waals surface area contributed by atoms with Gasteiger partial charge in [-0.1, -0.05) is 13.0 Å². The third-order valence-electron chi connectivity index (χ3n) is 3.96. The molecule has 16 heavy (non-hydrogen) atoms. The van der Waals surface area contributed by atoms with Gasteiger partial charge in [0.1, 0.15) is 5.75 Å². The molecule has 1 fully saturated rings. The molecule has 2 heteroatoms. The smallest absolute Gasteiger partial charge is 0.119 e. The highest BCUT2D eigenvalue weighted by atomic mass is 16.5. The van der Waals surface area contributed by atoms with E-state index < -0.39 is 0 Å². The number of hydrogen-bond donors (Lipinski definition) is 1. The molecule has 1 N–H and O–H groups in total. The van der Waals surface area contributed by atoms with Crippen molar-refractivity contribution in [3.05, 3.63) is 29.3 Å². The van der Waals surface area contributed by atoms with Crippen molar-refractivity contribution in [1.29, 1.82) is 0 Å². The summed E-state index contributed by atoms with van der Waals surface area (Å²) in [4.78, 5) is 0. The maximum atomic E-state index is 5.30. The van der Waals surface area contributed by atoms with E-state index in [0.29, 0.717) is 6.04 Å². The van der Waals surface area contributed by atoms with E-state index in [1.807, 2.05) is 0 Å². The lowest BCUT2D eigenvalue weighted by molar-refractivity contribution is 0.413. The second-order valence-electron chi connectivity index (χ2n) is 5.14. The summed E-state index contributed by atoms with van der Waals surface area (Å²) in [5, 5.41) is 3.75. The molecule has 3 unspecified atom stereocenters. The Morgan fingerprint density at radius 1 is 1.38 bits per heavy atom. The van der Waals surface area contributed by atoms with Gasteiger partial charge in [-0.25, -0.2) is 0 Å². The van der Waals surface area contributed by atoms with E-state index in [4.69, 9.17) is 4.74 Å². The molecule has 0 radical (unpaired) electrons. The fourth-order valence-corrected chi connectivity index (χ4v) is 2.69. The Hall–Kier alpha value is -1.02. The van der Waals surface area contributed by atoms with Crippen LogP contribution in [-0.4, -0.2) is 13.2 Å².